The van der Waals surface area contributed by atoms with Gasteiger partial charge in [0, 0.05) is 11.8 Å². The van der Waals surface area contributed by atoms with Crippen molar-refractivity contribution < 1.29 is 4.74 Å². The van der Waals surface area contributed by atoms with Crippen molar-refractivity contribution in [3.05, 3.63) is 32.9 Å². The van der Waals surface area contributed by atoms with E-state index in [2.05, 4.69) is 4.98 Å². The third kappa shape index (κ3) is 1.81. The summed E-state index contributed by atoms with van der Waals surface area (Å²) in [6.45, 7) is 1.86. The zero-order valence-corrected chi connectivity index (χ0v) is 10.9. The monoisotopic (exact) mass is 275 g/mol. The van der Waals surface area contributed by atoms with Crippen LogP contribution < -0.4 is 4.74 Å². The maximum atomic E-state index is 6.12. The summed E-state index contributed by atoms with van der Waals surface area (Å²) in [6.07, 6.45) is 0. The van der Waals surface area contributed by atoms with Gasteiger partial charge in [0.05, 0.1) is 33.1 Å². The average molecular weight is 277 g/mol. The van der Waals surface area contributed by atoms with Crippen molar-refractivity contribution in [1.29, 1.82) is 0 Å². The number of fused-ring (bicyclic) bond motifs is 1. The van der Waals surface area contributed by atoms with Crippen molar-refractivity contribution in [3.8, 4) is 5.75 Å². The summed E-state index contributed by atoms with van der Waals surface area (Å²) in [5.41, 5.74) is 1.41. The second-order valence-corrected chi connectivity index (χ2v) is 4.54. The van der Waals surface area contributed by atoms with E-state index in [1.54, 1.807) is 19.2 Å². The molecule has 16 heavy (non-hydrogen) atoms. The van der Waals surface area contributed by atoms with Gasteiger partial charge in [0.25, 0.3) is 0 Å². The zero-order valence-electron chi connectivity index (χ0n) is 8.64. The molecule has 84 valence electrons. The predicted octanol–water partition coefficient (Wildman–Crippen LogP) is 4.51. The topological polar surface area (TPSA) is 22.1 Å². The Morgan fingerprint density at radius 2 is 1.81 bits per heavy atom. The number of methoxy groups -OCH3 is 1. The lowest BCUT2D eigenvalue weighted by Crippen LogP contribution is -1.92. The first-order valence-corrected chi connectivity index (χ1v) is 5.67. The molecule has 0 bridgehead atoms. The van der Waals surface area contributed by atoms with Crippen LogP contribution in [0.1, 0.15) is 5.69 Å². The molecule has 0 saturated heterocycles. The number of ether oxygens (including phenoxy) is 1. The lowest BCUT2D eigenvalue weighted by molar-refractivity contribution is 0.419. The van der Waals surface area contributed by atoms with E-state index in [1.807, 2.05) is 6.92 Å². The second-order valence-electron chi connectivity index (χ2n) is 3.34. The van der Waals surface area contributed by atoms with Crippen molar-refractivity contribution in [3.63, 3.8) is 0 Å². The minimum atomic E-state index is 0.392. The molecule has 2 rings (SSSR count). The standard InChI is InChI=1S/C11H8Cl3NO/c1-5-3-8(16-2)9-10(14)6(12)4-7(13)11(9)15-5/h3-4H,1-2H3. The zero-order chi connectivity index (χ0) is 11.9. The van der Waals surface area contributed by atoms with Gasteiger partial charge in [-0.3, -0.25) is 4.98 Å². The van der Waals surface area contributed by atoms with Gasteiger partial charge in [-0.15, -0.1) is 0 Å². The van der Waals surface area contributed by atoms with Crippen LogP contribution in [-0.2, 0) is 0 Å². The highest BCUT2D eigenvalue weighted by Crippen LogP contribution is 2.40. The summed E-state index contributed by atoms with van der Waals surface area (Å²) in [7, 11) is 1.57. The van der Waals surface area contributed by atoms with Gasteiger partial charge < -0.3 is 4.74 Å². The molecular formula is C11H8Cl3NO. The van der Waals surface area contributed by atoms with E-state index in [-0.39, 0.29) is 0 Å². The Morgan fingerprint density at radius 1 is 1.12 bits per heavy atom. The molecule has 2 nitrogen and oxygen atoms in total. The molecule has 1 aromatic carbocycles. The Labute approximate surface area is 108 Å². The number of pyridine rings is 1. The maximum Gasteiger partial charge on any atom is 0.131 e. The molecule has 0 N–H and O–H groups in total. The molecule has 0 fully saturated rings. The van der Waals surface area contributed by atoms with Crippen LogP contribution in [0.25, 0.3) is 10.9 Å². The number of hydrogen-bond acceptors (Lipinski definition) is 2. The van der Waals surface area contributed by atoms with E-state index in [0.717, 1.165) is 5.69 Å². The van der Waals surface area contributed by atoms with Gasteiger partial charge in [-0.1, -0.05) is 34.8 Å². The third-order valence-corrected chi connectivity index (χ3v) is 3.32. The summed E-state index contributed by atoms with van der Waals surface area (Å²) >= 11 is 18.2. The van der Waals surface area contributed by atoms with Gasteiger partial charge in [0.1, 0.15) is 5.75 Å². The molecule has 0 aliphatic rings. The van der Waals surface area contributed by atoms with Gasteiger partial charge in [0.2, 0.25) is 0 Å². The van der Waals surface area contributed by atoms with Gasteiger partial charge in [0.15, 0.2) is 0 Å². The SMILES string of the molecule is COc1cc(C)nc2c(Cl)cc(Cl)c(Cl)c12. The van der Waals surface area contributed by atoms with Gasteiger partial charge in [-0.05, 0) is 13.0 Å². The first-order valence-electron chi connectivity index (χ1n) is 4.53. The van der Waals surface area contributed by atoms with Crippen LogP contribution in [0.2, 0.25) is 15.1 Å². The van der Waals surface area contributed by atoms with E-state index < -0.39 is 0 Å². The molecule has 0 aliphatic heterocycles. The number of aryl methyl sites for hydroxylation is 1. The molecule has 2 aromatic rings. The molecule has 5 heteroatoms. The normalized spacial score (nSPS) is 10.8. The fourth-order valence-corrected chi connectivity index (χ4v) is 2.29. The van der Waals surface area contributed by atoms with Crippen molar-refractivity contribution in [2.24, 2.45) is 0 Å². The lowest BCUT2D eigenvalue weighted by Gasteiger charge is -2.10. The minimum Gasteiger partial charge on any atom is -0.496 e. The fourth-order valence-electron chi connectivity index (χ4n) is 1.55. The van der Waals surface area contributed by atoms with E-state index in [0.29, 0.717) is 31.7 Å². The third-order valence-electron chi connectivity index (χ3n) is 2.24. The Bertz CT molecular complexity index is 569. The minimum absolute atomic E-state index is 0.392. The first-order chi connectivity index (χ1) is 7.54. The summed E-state index contributed by atoms with van der Waals surface area (Å²) < 4.78 is 5.26. The number of nitrogens with zero attached hydrogens (tertiary/aromatic N) is 1. The molecule has 0 spiro atoms. The summed E-state index contributed by atoms with van der Waals surface area (Å²) in [5, 5.41) is 1.91. The van der Waals surface area contributed by atoms with Crippen LogP contribution in [0.3, 0.4) is 0 Å². The summed E-state index contributed by atoms with van der Waals surface area (Å²) in [4.78, 5) is 4.33. The van der Waals surface area contributed by atoms with E-state index in [9.17, 15) is 0 Å². The molecule has 1 heterocycles. The molecule has 0 saturated carbocycles. The van der Waals surface area contributed by atoms with Crippen LogP contribution in [-0.4, -0.2) is 12.1 Å². The second kappa shape index (κ2) is 4.28. The van der Waals surface area contributed by atoms with Crippen LogP contribution in [0.5, 0.6) is 5.75 Å². The Balaban J connectivity index is 2.99. The largest absolute Gasteiger partial charge is 0.496 e. The Hall–Kier alpha value is -0.700. The van der Waals surface area contributed by atoms with Crippen molar-refractivity contribution in [2.45, 2.75) is 6.92 Å². The predicted molar refractivity (Wildman–Crippen MR) is 68.1 cm³/mol. The van der Waals surface area contributed by atoms with Gasteiger partial charge in [-0.25, -0.2) is 0 Å². The highest BCUT2D eigenvalue weighted by Gasteiger charge is 2.14. The van der Waals surface area contributed by atoms with E-state index >= 15 is 0 Å². The van der Waals surface area contributed by atoms with Crippen LogP contribution >= 0.6 is 34.8 Å². The maximum absolute atomic E-state index is 6.12. The highest BCUT2D eigenvalue weighted by molar-refractivity contribution is 6.48. The highest BCUT2D eigenvalue weighted by atomic mass is 35.5. The smallest absolute Gasteiger partial charge is 0.131 e. The Morgan fingerprint density at radius 3 is 2.44 bits per heavy atom. The molecule has 0 amide bonds. The molecule has 1 aromatic heterocycles. The number of halogens is 3. The molecular weight excluding hydrogens is 268 g/mol. The van der Waals surface area contributed by atoms with Crippen LogP contribution in [0.4, 0.5) is 0 Å². The van der Waals surface area contributed by atoms with Gasteiger partial charge >= 0.3 is 0 Å². The molecule has 0 aliphatic carbocycles. The lowest BCUT2D eigenvalue weighted by atomic mass is 10.2. The van der Waals surface area contributed by atoms with E-state index in [1.165, 1.54) is 0 Å². The quantitative estimate of drug-likeness (QED) is 0.715. The number of hydrogen-bond donors (Lipinski definition) is 0. The molecule has 0 atom stereocenters. The molecule has 0 unspecified atom stereocenters. The number of benzene rings is 1. The number of rotatable bonds is 1. The van der Waals surface area contributed by atoms with Crippen molar-refractivity contribution in [1.82, 2.24) is 4.98 Å². The molecule has 0 radical (unpaired) electrons. The van der Waals surface area contributed by atoms with Crippen LogP contribution in [0, 0.1) is 6.92 Å². The number of aromatic nitrogens is 1. The average Bonchev–Trinajstić information content (AvgIpc) is 2.25. The summed E-state index contributed by atoms with van der Waals surface area (Å²) in [5.74, 6) is 0.622. The van der Waals surface area contributed by atoms with Crippen LogP contribution in [0.15, 0.2) is 12.1 Å². The summed E-state index contributed by atoms with van der Waals surface area (Å²) in [6, 6.07) is 3.38. The van der Waals surface area contributed by atoms with Crippen molar-refractivity contribution >= 4 is 45.7 Å². The fraction of sp³-hybridized carbons (Fsp3) is 0.182. The van der Waals surface area contributed by atoms with Crippen molar-refractivity contribution in [2.75, 3.05) is 7.11 Å². The van der Waals surface area contributed by atoms with Gasteiger partial charge in [-0.2, -0.15) is 0 Å². The van der Waals surface area contributed by atoms with E-state index in [4.69, 9.17) is 39.5 Å². The Kier molecular flexibility index (Phi) is 3.15. The first kappa shape index (κ1) is 11.8.